The van der Waals surface area contributed by atoms with Gasteiger partial charge >= 0.3 is 0 Å². The summed E-state index contributed by atoms with van der Waals surface area (Å²) in [5.41, 5.74) is 5.80. The van der Waals surface area contributed by atoms with Gasteiger partial charge in [-0.1, -0.05) is 32.9 Å². The first-order chi connectivity index (χ1) is 19.7. The third kappa shape index (κ3) is 5.40. The van der Waals surface area contributed by atoms with E-state index in [9.17, 15) is 10.1 Å². The number of hydrogen-bond acceptors (Lipinski definition) is 6. The molecule has 2 fully saturated rings. The summed E-state index contributed by atoms with van der Waals surface area (Å²) in [5, 5.41) is 21.1. The number of aryl methyl sites for hydroxylation is 1. The van der Waals surface area contributed by atoms with Crippen LogP contribution in [0.1, 0.15) is 91.6 Å². The lowest BCUT2D eigenvalue weighted by Gasteiger charge is -2.45. The molecular weight excluding hydrogens is 510 g/mol. The maximum absolute atomic E-state index is 13.7. The van der Waals surface area contributed by atoms with Crippen LogP contribution >= 0.6 is 0 Å². The summed E-state index contributed by atoms with van der Waals surface area (Å²) in [4.78, 5) is 21.2. The van der Waals surface area contributed by atoms with Crippen molar-refractivity contribution in [1.82, 2.24) is 24.6 Å². The number of rotatable bonds is 7. The number of anilines is 1. The lowest BCUT2D eigenvalue weighted by molar-refractivity contribution is 0.102. The maximum Gasteiger partial charge on any atom is 0.274 e. The number of likely N-dealkylation sites (tertiary alicyclic amines) is 1. The van der Waals surface area contributed by atoms with Gasteiger partial charge in [-0.05, 0) is 85.9 Å². The topological polar surface area (TPSA) is 99.7 Å². The molecule has 1 amide bonds. The minimum atomic E-state index is -0.198. The van der Waals surface area contributed by atoms with Gasteiger partial charge in [0.1, 0.15) is 17.8 Å². The molecule has 1 saturated heterocycles. The van der Waals surface area contributed by atoms with Gasteiger partial charge in [-0.15, -0.1) is 10.2 Å². The Morgan fingerprint density at radius 2 is 2.07 bits per heavy atom. The highest BCUT2D eigenvalue weighted by Crippen LogP contribution is 2.50. The van der Waals surface area contributed by atoms with Crippen molar-refractivity contribution in [2.75, 3.05) is 18.4 Å². The number of fused-ring (bicyclic) bond motifs is 1. The Kier molecular flexibility index (Phi) is 7.19. The molecule has 0 radical (unpaired) electrons. The third-order valence-corrected chi connectivity index (χ3v) is 9.72. The first kappa shape index (κ1) is 27.6. The van der Waals surface area contributed by atoms with Crippen LogP contribution in [0.15, 0.2) is 36.7 Å². The molecule has 214 valence electrons. The molecule has 3 heterocycles. The Hall–Kier alpha value is -3.57. The fourth-order valence-corrected chi connectivity index (χ4v) is 7.30. The van der Waals surface area contributed by atoms with Crippen molar-refractivity contribution < 1.29 is 4.79 Å². The Balaban J connectivity index is 1.26. The number of nitrogens with one attached hydrogen (secondary N) is 1. The second-order valence-electron chi connectivity index (χ2n) is 13.4. The summed E-state index contributed by atoms with van der Waals surface area (Å²) in [6.07, 6.45) is 8.57. The van der Waals surface area contributed by atoms with E-state index in [1.165, 1.54) is 24.0 Å². The van der Waals surface area contributed by atoms with Gasteiger partial charge in [0.05, 0.1) is 11.8 Å². The fraction of sp³-hybridized carbons (Fsp3) is 0.545. The Morgan fingerprint density at radius 1 is 1.24 bits per heavy atom. The van der Waals surface area contributed by atoms with E-state index in [0.717, 1.165) is 68.1 Å². The molecule has 0 unspecified atom stereocenters. The predicted octanol–water partition coefficient (Wildman–Crippen LogP) is 5.33. The second kappa shape index (κ2) is 10.7. The molecule has 3 aromatic rings. The molecule has 2 aromatic heterocycles. The van der Waals surface area contributed by atoms with E-state index in [2.05, 4.69) is 59.4 Å². The van der Waals surface area contributed by atoms with E-state index in [0.29, 0.717) is 18.0 Å². The molecule has 8 nitrogen and oxygen atoms in total. The van der Waals surface area contributed by atoms with E-state index < -0.39 is 0 Å². The highest BCUT2D eigenvalue weighted by Gasteiger charge is 2.46. The minimum absolute atomic E-state index is 0.0294. The number of nitriles is 1. The highest BCUT2D eigenvalue weighted by molar-refractivity contribution is 6.03. The van der Waals surface area contributed by atoms with Gasteiger partial charge in [0.2, 0.25) is 0 Å². The largest absolute Gasteiger partial charge is 0.321 e. The highest BCUT2D eigenvalue weighted by atomic mass is 16.1. The average molecular weight is 552 g/mol. The van der Waals surface area contributed by atoms with Crippen LogP contribution in [0, 0.1) is 23.2 Å². The summed E-state index contributed by atoms with van der Waals surface area (Å²) in [5.74, 6) is 1.46. The van der Waals surface area contributed by atoms with Crippen LogP contribution in [0.2, 0.25) is 0 Å². The zero-order valence-corrected chi connectivity index (χ0v) is 24.8. The van der Waals surface area contributed by atoms with Crippen molar-refractivity contribution in [3.05, 3.63) is 70.6 Å². The first-order valence-corrected chi connectivity index (χ1v) is 15.1. The van der Waals surface area contributed by atoms with E-state index in [4.69, 9.17) is 4.98 Å². The van der Waals surface area contributed by atoms with Crippen LogP contribution in [0.3, 0.4) is 0 Å². The standard InChI is InChI=1S/C33H41N7O/c1-22-7-6-12-40(19-22)20-24-13-28(37-30-27(24)10-11-32(30,2)3)31(41)36-26-9-5-8-25(14-26)33(15-23(16-33)18-34)17-29-38-35-21-39(29)4/h5,8-9,13-14,21-23H,6-7,10-12,15-17,19-20H2,1-4H3,(H,36,41)/t22-,23?,33?/m0/s1. The van der Waals surface area contributed by atoms with Crippen LogP contribution in [0.5, 0.6) is 0 Å². The van der Waals surface area contributed by atoms with Crippen molar-refractivity contribution in [3.8, 4) is 6.07 Å². The summed E-state index contributed by atoms with van der Waals surface area (Å²) in [6, 6.07) is 12.6. The van der Waals surface area contributed by atoms with Gasteiger partial charge in [0.15, 0.2) is 0 Å². The number of piperidine rings is 1. The predicted molar refractivity (Wildman–Crippen MR) is 158 cm³/mol. The number of nitrogens with zero attached hydrogens (tertiary/aromatic N) is 6. The van der Waals surface area contributed by atoms with E-state index in [1.807, 2.05) is 29.8 Å². The van der Waals surface area contributed by atoms with Crippen LogP contribution in [-0.2, 0) is 37.3 Å². The van der Waals surface area contributed by atoms with Crippen molar-refractivity contribution in [2.45, 2.75) is 83.1 Å². The fourth-order valence-electron chi connectivity index (χ4n) is 7.30. The second-order valence-corrected chi connectivity index (χ2v) is 13.4. The quantitative estimate of drug-likeness (QED) is 0.426. The Morgan fingerprint density at radius 3 is 2.80 bits per heavy atom. The normalized spacial score (nSPS) is 25.2. The lowest BCUT2D eigenvalue weighted by atomic mass is 9.57. The van der Waals surface area contributed by atoms with Crippen molar-refractivity contribution in [3.63, 3.8) is 0 Å². The molecular formula is C33H41N7O. The number of carbonyl (C=O) groups excluding carboxylic acids is 1. The monoisotopic (exact) mass is 551 g/mol. The number of carbonyl (C=O) groups is 1. The summed E-state index contributed by atoms with van der Waals surface area (Å²) >= 11 is 0. The van der Waals surface area contributed by atoms with Gasteiger partial charge < -0.3 is 9.88 Å². The summed E-state index contributed by atoms with van der Waals surface area (Å²) in [7, 11) is 1.95. The minimum Gasteiger partial charge on any atom is -0.321 e. The van der Waals surface area contributed by atoms with Gasteiger partial charge in [-0.25, -0.2) is 4.98 Å². The zero-order valence-electron chi connectivity index (χ0n) is 24.8. The lowest BCUT2D eigenvalue weighted by Crippen LogP contribution is -2.43. The van der Waals surface area contributed by atoms with E-state index in [-0.39, 0.29) is 22.7 Å². The van der Waals surface area contributed by atoms with Crippen LogP contribution in [0.25, 0.3) is 0 Å². The molecule has 1 N–H and O–H groups in total. The number of benzene rings is 1. The SMILES string of the molecule is C[C@H]1CCCN(Cc2cc(C(=O)Nc3cccc(C4(Cc5nncn5C)CC(C#N)C4)c3)nc3c2CCC3(C)C)C1. The van der Waals surface area contributed by atoms with Crippen molar-refractivity contribution >= 4 is 11.6 Å². The van der Waals surface area contributed by atoms with Crippen molar-refractivity contribution in [1.29, 1.82) is 5.26 Å². The van der Waals surface area contributed by atoms with Gasteiger partial charge in [0.25, 0.3) is 5.91 Å². The number of amides is 1. The molecule has 1 aromatic carbocycles. The summed E-state index contributed by atoms with van der Waals surface area (Å²) in [6.45, 7) is 9.92. The smallest absolute Gasteiger partial charge is 0.274 e. The molecule has 1 aliphatic heterocycles. The van der Waals surface area contributed by atoms with Crippen LogP contribution in [0.4, 0.5) is 5.69 Å². The number of pyridine rings is 1. The zero-order chi connectivity index (χ0) is 28.8. The molecule has 6 rings (SSSR count). The van der Waals surface area contributed by atoms with Gasteiger partial charge in [-0.2, -0.15) is 5.26 Å². The van der Waals surface area contributed by atoms with Crippen molar-refractivity contribution in [2.24, 2.45) is 18.9 Å². The number of aromatic nitrogens is 4. The third-order valence-electron chi connectivity index (χ3n) is 9.72. The Labute approximate surface area is 243 Å². The summed E-state index contributed by atoms with van der Waals surface area (Å²) < 4.78 is 1.94. The molecule has 2 aliphatic carbocycles. The molecule has 8 heteroatoms. The molecule has 0 bridgehead atoms. The maximum atomic E-state index is 13.7. The number of hydrogen-bond donors (Lipinski definition) is 1. The van der Waals surface area contributed by atoms with Crippen LogP contribution in [-0.4, -0.2) is 43.6 Å². The molecule has 0 spiro atoms. The molecule has 3 aliphatic rings. The molecule has 1 saturated carbocycles. The average Bonchev–Trinajstić information content (AvgIpc) is 3.47. The van der Waals surface area contributed by atoms with Crippen LogP contribution < -0.4 is 5.32 Å². The van der Waals surface area contributed by atoms with Gasteiger partial charge in [0, 0.05) is 49.0 Å². The van der Waals surface area contributed by atoms with E-state index in [1.54, 1.807) is 6.33 Å². The molecule has 41 heavy (non-hydrogen) atoms. The Bertz CT molecular complexity index is 1490. The molecule has 1 atom stereocenters. The first-order valence-electron chi connectivity index (χ1n) is 15.1. The van der Waals surface area contributed by atoms with Gasteiger partial charge in [-0.3, -0.25) is 9.69 Å². The van der Waals surface area contributed by atoms with E-state index >= 15 is 0 Å².